The first-order valence-corrected chi connectivity index (χ1v) is 7.29. The Bertz CT molecular complexity index is 286. The zero-order valence-corrected chi connectivity index (χ0v) is 10.8. The van der Waals surface area contributed by atoms with Crippen LogP contribution in [-0.2, 0) is 4.79 Å². The molecule has 4 fully saturated rings. The van der Waals surface area contributed by atoms with Crippen molar-refractivity contribution in [2.24, 2.45) is 29.1 Å². The van der Waals surface area contributed by atoms with Crippen molar-refractivity contribution in [1.82, 2.24) is 0 Å². The maximum absolute atomic E-state index is 10.7. The fourth-order valence-corrected chi connectivity index (χ4v) is 5.43. The number of rotatable bonds is 4. The fourth-order valence-electron chi connectivity index (χ4n) is 5.43. The van der Waals surface area contributed by atoms with Gasteiger partial charge < -0.3 is 5.11 Å². The molecule has 0 spiro atoms. The minimum Gasteiger partial charge on any atom is -0.481 e. The van der Waals surface area contributed by atoms with Gasteiger partial charge in [0.15, 0.2) is 0 Å². The summed E-state index contributed by atoms with van der Waals surface area (Å²) in [4.78, 5) is 10.7. The molecule has 1 atom stereocenters. The van der Waals surface area contributed by atoms with Crippen molar-refractivity contribution in [3.8, 4) is 0 Å². The zero-order chi connectivity index (χ0) is 12.0. The van der Waals surface area contributed by atoms with Gasteiger partial charge in [-0.05, 0) is 74.0 Å². The van der Waals surface area contributed by atoms with Crippen LogP contribution in [0.4, 0.5) is 0 Å². The van der Waals surface area contributed by atoms with E-state index in [1.165, 1.54) is 38.5 Å². The predicted molar refractivity (Wildman–Crippen MR) is 66.6 cm³/mol. The van der Waals surface area contributed by atoms with E-state index in [1.54, 1.807) is 0 Å². The van der Waals surface area contributed by atoms with Crippen LogP contribution < -0.4 is 0 Å². The lowest BCUT2D eigenvalue weighted by Gasteiger charge is -2.59. The van der Waals surface area contributed by atoms with Gasteiger partial charge in [0.05, 0.1) is 0 Å². The molecule has 4 aliphatic rings. The number of hydrogen-bond donors (Lipinski definition) is 1. The molecule has 0 amide bonds. The third kappa shape index (κ3) is 2.00. The summed E-state index contributed by atoms with van der Waals surface area (Å²) >= 11 is 0. The van der Waals surface area contributed by atoms with Gasteiger partial charge in [-0.25, -0.2) is 0 Å². The van der Waals surface area contributed by atoms with E-state index in [2.05, 4.69) is 6.92 Å². The first-order chi connectivity index (χ1) is 8.07. The SMILES string of the molecule is CC(CCC(=O)O)C12CC3CC(CC(C3)C1)C2. The van der Waals surface area contributed by atoms with Crippen molar-refractivity contribution in [3.05, 3.63) is 0 Å². The van der Waals surface area contributed by atoms with Gasteiger partial charge in [-0.15, -0.1) is 0 Å². The van der Waals surface area contributed by atoms with Crippen LogP contribution in [0.15, 0.2) is 0 Å². The molecular formula is C15H24O2. The van der Waals surface area contributed by atoms with Crippen molar-refractivity contribution in [1.29, 1.82) is 0 Å². The predicted octanol–water partition coefficient (Wildman–Crippen LogP) is 3.70. The maximum atomic E-state index is 10.7. The molecule has 4 saturated carbocycles. The maximum Gasteiger partial charge on any atom is 0.303 e. The van der Waals surface area contributed by atoms with Crippen LogP contribution in [0.3, 0.4) is 0 Å². The van der Waals surface area contributed by atoms with Gasteiger partial charge in [-0.2, -0.15) is 0 Å². The summed E-state index contributed by atoms with van der Waals surface area (Å²) in [5.74, 6) is 2.93. The van der Waals surface area contributed by atoms with Gasteiger partial charge in [0.2, 0.25) is 0 Å². The van der Waals surface area contributed by atoms with Crippen LogP contribution in [-0.4, -0.2) is 11.1 Å². The summed E-state index contributed by atoms with van der Waals surface area (Å²) in [6, 6.07) is 0. The van der Waals surface area contributed by atoms with E-state index < -0.39 is 5.97 Å². The summed E-state index contributed by atoms with van der Waals surface area (Å²) in [7, 11) is 0. The number of carboxylic acids is 1. The van der Waals surface area contributed by atoms with E-state index in [1.807, 2.05) is 0 Å². The Hall–Kier alpha value is -0.530. The van der Waals surface area contributed by atoms with E-state index in [9.17, 15) is 4.79 Å². The Kier molecular flexibility index (Phi) is 2.72. The molecule has 0 saturated heterocycles. The van der Waals surface area contributed by atoms with Crippen molar-refractivity contribution >= 4 is 5.97 Å². The van der Waals surface area contributed by atoms with E-state index >= 15 is 0 Å². The molecule has 1 N–H and O–H groups in total. The molecule has 0 aromatic heterocycles. The molecule has 2 nitrogen and oxygen atoms in total. The van der Waals surface area contributed by atoms with Crippen LogP contribution >= 0.6 is 0 Å². The van der Waals surface area contributed by atoms with Crippen molar-refractivity contribution in [3.63, 3.8) is 0 Å². The minimum absolute atomic E-state index is 0.364. The highest BCUT2D eigenvalue weighted by Gasteiger charge is 2.52. The normalized spacial score (nSPS) is 44.9. The average Bonchev–Trinajstić information content (AvgIpc) is 2.23. The first kappa shape index (κ1) is 11.6. The average molecular weight is 236 g/mol. The summed E-state index contributed by atoms with van der Waals surface area (Å²) in [6.45, 7) is 2.32. The Morgan fingerprint density at radius 2 is 1.65 bits per heavy atom. The van der Waals surface area contributed by atoms with Gasteiger partial charge in [-0.1, -0.05) is 6.92 Å². The monoisotopic (exact) mass is 236 g/mol. The molecule has 0 radical (unpaired) electrons. The summed E-state index contributed by atoms with van der Waals surface area (Å²) in [5, 5.41) is 8.84. The quantitative estimate of drug-likeness (QED) is 0.808. The van der Waals surface area contributed by atoms with Gasteiger partial charge >= 0.3 is 5.97 Å². The molecule has 17 heavy (non-hydrogen) atoms. The second kappa shape index (κ2) is 4.00. The van der Waals surface area contributed by atoms with Gasteiger partial charge in [0.1, 0.15) is 0 Å². The number of carboxylic acid groups (broad SMARTS) is 1. The lowest BCUT2D eigenvalue weighted by molar-refractivity contribution is -0.138. The molecule has 0 heterocycles. The molecule has 96 valence electrons. The molecule has 0 aliphatic heterocycles. The zero-order valence-electron chi connectivity index (χ0n) is 10.8. The molecular weight excluding hydrogens is 212 g/mol. The molecule has 2 heteroatoms. The van der Waals surface area contributed by atoms with Crippen molar-refractivity contribution < 1.29 is 9.90 Å². The van der Waals surface area contributed by atoms with Gasteiger partial charge in [0, 0.05) is 6.42 Å². The lowest BCUT2D eigenvalue weighted by Crippen LogP contribution is -2.49. The highest BCUT2D eigenvalue weighted by Crippen LogP contribution is 2.63. The second-order valence-electron chi connectivity index (χ2n) is 7.11. The van der Waals surface area contributed by atoms with Crippen molar-refractivity contribution in [2.45, 2.75) is 58.3 Å². The number of carbonyl (C=O) groups is 1. The summed E-state index contributed by atoms with van der Waals surface area (Å²) in [5.41, 5.74) is 0.532. The van der Waals surface area contributed by atoms with Crippen molar-refractivity contribution in [2.75, 3.05) is 0 Å². The Labute approximate surface area is 104 Å². The van der Waals surface area contributed by atoms with E-state index in [0.717, 1.165) is 24.2 Å². The fraction of sp³-hybridized carbons (Fsp3) is 0.933. The van der Waals surface area contributed by atoms with Gasteiger partial charge in [-0.3, -0.25) is 4.79 Å². The number of hydrogen-bond acceptors (Lipinski definition) is 1. The second-order valence-corrected chi connectivity index (χ2v) is 7.11. The summed E-state index contributed by atoms with van der Waals surface area (Å²) in [6.07, 6.45) is 9.89. The molecule has 0 aromatic rings. The minimum atomic E-state index is -0.624. The van der Waals surface area contributed by atoms with Crippen LogP contribution in [0.5, 0.6) is 0 Å². The first-order valence-electron chi connectivity index (χ1n) is 7.29. The van der Waals surface area contributed by atoms with E-state index in [-0.39, 0.29) is 0 Å². The van der Waals surface area contributed by atoms with Crippen LogP contribution in [0.2, 0.25) is 0 Å². The largest absolute Gasteiger partial charge is 0.481 e. The molecule has 0 aromatic carbocycles. The van der Waals surface area contributed by atoms with Crippen LogP contribution in [0.1, 0.15) is 58.3 Å². The van der Waals surface area contributed by atoms with Crippen LogP contribution in [0.25, 0.3) is 0 Å². The highest BCUT2D eigenvalue weighted by molar-refractivity contribution is 5.66. The van der Waals surface area contributed by atoms with E-state index in [0.29, 0.717) is 17.8 Å². The third-order valence-corrected chi connectivity index (χ3v) is 5.92. The molecule has 4 aliphatic carbocycles. The third-order valence-electron chi connectivity index (χ3n) is 5.92. The molecule has 1 unspecified atom stereocenters. The summed E-state index contributed by atoms with van der Waals surface area (Å²) < 4.78 is 0. The Morgan fingerprint density at radius 3 is 2.06 bits per heavy atom. The molecule has 4 bridgehead atoms. The number of aliphatic carboxylic acids is 1. The van der Waals surface area contributed by atoms with Crippen LogP contribution in [0, 0.1) is 29.1 Å². The smallest absolute Gasteiger partial charge is 0.303 e. The Morgan fingerprint density at radius 1 is 1.18 bits per heavy atom. The van der Waals surface area contributed by atoms with E-state index in [4.69, 9.17) is 5.11 Å². The standard InChI is InChI=1S/C15H24O2/c1-10(2-3-14(16)17)15-7-11-4-12(8-15)6-13(5-11)9-15/h10-13H,2-9H2,1H3,(H,16,17). The Balaban J connectivity index is 1.70. The highest BCUT2D eigenvalue weighted by atomic mass is 16.4. The molecule has 4 rings (SSSR count). The topological polar surface area (TPSA) is 37.3 Å². The lowest BCUT2D eigenvalue weighted by atomic mass is 9.46. The van der Waals surface area contributed by atoms with Gasteiger partial charge in [0.25, 0.3) is 0 Å².